The van der Waals surface area contributed by atoms with Gasteiger partial charge in [0.2, 0.25) is 0 Å². The number of ether oxygens (including phenoxy) is 1. The fraction of sp³-hybridized carbons (Fsp3) is 0.688. The number of aromatic nitrogens is 1. The molecule has 3 heterocycles. The molecule has 0 radical (unpaired) electrons. The minimum Gasteiger partial charge on any atom is -0.398 e. The third kappa shape index (κ3) is 2.87. The third-order valence-corrected chi connectivity index (χ3v) is 4.93. The lowest BCUT2D eigenvalue weighted by atomic mass is 9.83. The lowest BCUT2D eigenvalue weighted by Gasteiger charge is -2.32. The molecule has 4 nitrogen and oxygen atoms in total. The van der Waals surface area contributed by atoms with Gasteiger partial charge < -0.3 is 14.0 Å². The molecule has 0 aliphatic carbocycles. The zero-order valence-corrected chi connectivity index (χ0v) is 13.4. The smallest absolute Gasteiger partial charge is 0.398 e. The first kappa shape index (κ1) is 15.0. The van der Waals surface area contributed by atoms with Crippen molar-refractivity contribution in [3.63, 3.8) is 0 Å². The molecule has 0 saturated carbocycles. The van der Waals surface area contributed by atoms with Gasteiger partial charge in [-0.15, -0.1) is 0 Å². The Morgan fingerprint density at radius 2 is 1.67 bits per heavy atom. The van der Waals surface area contributed by atoms with Gasteiger partial charge in [0.15, 0.2) is 0 Å². The molecule has 2 fully saturated rings. The van der Waals surface area contributed by atoms with Gasteiger partial charge >= 0.3 is 7.12 Å². The van der Waals surface area contributed by atoms with Crippen LogP contribution in [0.25, 0.3) is 0 Å². The molecule has 0 unspecified atom stereocenters. The summed E-state index contributed by atoms with van der Waals surface area (Å²) in [5.74, 6) is 0.487. The molecule has 2 aliphatic heterocycles. The Morgan fingerprint density at radius 3 is 2.29 bits per heavy atom. The zero-order valence-electron chi connectivity index (χ0n) is 13.4. The van der Waals surface area contributed by atoms with Crippen molar-refractivity contribution < 1.29 is 14.0 Å². The van der Waals surface area contributed by atoms with E-state index in [4.69, 9.17) is 19.0 Å². The molecule has 0 bridgehead atoms. The van der Waals surface area contributed by atoms with Gasteiger partial charge in [0.1, 0.15) is 0 Å². The van der Waals surface area contributed by atoms with Crippen LogP contribution < -0.4 is 5.59 Å². The van der Waals surface area contributed by atoms with Gasteiger partial charge in [-0.05, 0) is 52.7 Å². The first-order valence-electron chi connectivity index (χ1n) is 7.79. The molecule has 1 aromatic rings. The fourth-order valence-electron chi connectivity index (χ4n) is 2.78. The van der Waals surface area contributed by atoms with Crippen LogP contribution in [0.1, 0.15) is 52.1 Å². The third-order valence-electron chi connectivity index (χ3n) is 4.93. The van der Waals surface area contributed by atoms with Crippen molar-refractivity contribution in [2.75, 3.05) is 13.2 Å². The Morgan fingerprint density at radius 1 is 1.05 bits per heavy atom. The van der Waals surface area contributed by atoms with Crippen LogP contribution in [0.15, 0.2) is 18.2 Å². The maximum atomic E-state index is 6.08. The molecular formula is C16H24BNO3. The van der Waals surface area contributed by atoms with Gasteiger partial charge in [-0.3, -0.25) is 4.98 Å². The quantitative estimate of drug-likeness (QED) is 0.783. The average molecular weight is 289 g/mol. The number of pyridine rings is 1. The molecule has 0 spiro atoms. The van der Waals surface area contributed by atoms with Crippen molar-refractivity contribution in [3.8, 4) is 0 Å². The van der Waals surface area contributed by atoms with E-state index >= 15 is 0 Å². The summed E-state index contributed by atoms with van der Waals surface area (Å²) in [6.45, 7) is 9.91. The van der Waals surface area contributed by atoms with Crippen LogP contribution in [-0.4, -0.2) is 36.5 Å². The van der Waals surface area contributed by atoms with Crippen molar-refractivity contribution in [3.05, 3.63) is 23.9 Å². The number of rotatable bonds is 2. The van der Waals surface area contributed by atoms with E-state index in [2.05, 4.69) is 39.8 Å². The van der Waals surface area contributed by atoms with Gasteiger partial charge in [-0.25, -0.2) is 0 Å². The first-order chi connectivity index (χ1) is 9.89. The number of hydrogen-bond acceptors (Lipinski definition) is 4. The average Bonchev–Trinajstić information content (AvgIpc) is 2.69. The van der Waals surface area contributed by atoms with Crippen LogP contribution >= 0.6 is 0 Å². The number of nitrogens with zero attached hydrogens (tertiary/aromatic N) is 1. The summed E-state index contributed by atoms with van der Waals surface area (Å²) < 4.78 is 17.6. The van der Waals surface area contributed by atoms with E-state index in [1.165, 1.54) is 0 Å². The first-order valence-corrected chi connectivity index (χ1v) is 7.79. The molecule has 114 valence electrons. The predicted molar refractivity (Wildman–Crippen MR) is 82.7 cm³/mol. The van der Waals surface area contributed by atoms with Gasteiger partial charge in [0, 0.05) is 24.8 Å². The molecule has 3 rings (SSSR count). The maximum Gasteiger partial charge on any atom is 0.514 e. The van der Waals surface area contributed by atoms with Crippen molar-refractivity contribution in [2.24, 2.45) is 0 Å². The normalized spacial score (nSPS) is 25.2. The molecule has 0 amide bonds. The molecule has 1 aromatic heterocycles. The molecular weight excluding hydrogens is 265 g/mol. The lowest BCUT2D eigenvalue weighted by molar-refractivity contribution is 0.00578. The van der Waals surface area contributed by atoms with Gasteiger partial charge in [0.25, 0.3) is 0 Å². The molecule has 0 aromatic carbocycles. The minimum atomic E-state index is -0.380. The number of hydrogen-bond donors (Lipinski definition) is 0. The Bertz CT molecular complexity index is 496. The van der Waals surface area contributed by atoms with Crippen LogP contribution in [0, 0.1) is 0 Å². The molecule has 2 aliphatic rings. The van der Waals surface area contributed by atoms with Crippen LogP contribution in [0.4, 0.5) is 0 Å². The van der Waals surface area contributed by atoms with Crippen LogP contribution in [0.5, 0.6) is 0 Å². The zero-order chi connectivity index (χ0) is 15.1. The van der Waals surface area contributed by atoms with E-state index in [1.54, 1.807) is 0 Å². The summed E-state index contributed by atoms with van der Waals surface area (Å²) in [5, 5.41) is 0. The maximum absolute atomic E-state index is 6.08. The molecule has 5 heteroatoms. The highest BCUT2D eigenvalue weighted by Gasteiger charge is 2.52. The molecule has 21 heavy (non-hydrogen) atoms. The summed E-state index contributed by atoms with van der Waals surface area (Å²) in [4.78, 5) is 4.80. The second kappa shape index (κ2) is 5.38. The second-order valence-corrected chi connectivity index (χ2v) is 6.96. The van der Waals surface area contributed by atoms with Crippen LogP contribution in [0.2, 0.25) is 0 Å². The minimum absolute atomic E-state index is 0.325. The van der Waals surface area contributed by atoms with E-state index in [0.29, 0.717) is 5.92 Å². The summed E-state index contributed by atoms with van der Waals surface area (Å²) in [6, 6.07) is 6.15. The van der Waals surface area contributed by atoms with E-state index in [-0.39, 0.29) is 18.3 Å². The van der Waals surface area contributed by atoms with Crippen LogP contribution in [-0.2, 0) is 14.0 Å². The van der Waals surface area contributed by atoms with Crippen molar-refractivity contribution >= 4 is 12.7 Å². The Labute approximate surface area is 127 Å². The fourth-order valence-corrected chi connectivity index (χ4v) is 2.78. The Hall–Kier alpha value is -0.905. The highest BCUT2D eigenvalue weighted by molar-refractivity contribution is 6.61. The van der Waals surface area contributed by atoms with E-state index in [9.17, 15) is 0 Å². The molecule has 0 N–H and O–H groups in total. The summed E-state index contributed by atoms with van der Waals surface area (Å²) >= 11 is 0. The topological polar surface area (TPSA) is 40.6 Å². The highest BCUT2D eigenvalue weighted by Crippen LogP contribution is 2.36. The molecule has 0 atom stereocenters. The van der Waals surface area contributed by atoms with Gasteiger partial charge in [0.05, 0.1) is 16.8 Å². The van der Waals surface area contributed by atoms with Gasteiger partial charge in [-0.2, -0.15) is 0 Å². The van der Waals surface area contributed by atoms with Crippen molar-refractivity contribution in [1.82, 2.24) is 4.98 Å². The Kier molecular flexibility index (Phi) is 3.84. The highest BCUT2D eigenvalue weighted by atomic mass is 16.7. The SMILES string of the molecule is CC1(C)OB(c2cccc(C3CCOCC3)n2)OC1(C)C. The summed E-state index contributed by atoms with van der Waals surface area (Å²) in [5.41, 5.74) is 1.35. The Balaban J connectivity index is 1.81. The summed E-state index contributed by atoms with van der Waals surface area (Å²) in [7, 11) is -0.380. The monoisotopic (exact) mass is 289 g/mol. The standard InChI is InChI=1S/C16H24BNO3/c1-15(2)16(3,4)21-17(20-15)14-7-5-6-13(18-14)12-8-10-19-11-9-12/h5-7,12H,8-11H2,1-4H3. The van der Waals surface area contributed by atoms with E-state index < -0.39 is 0 Å². The van der Waals surface area contributed by atoms with Crippen LogP contribution in [0.3, 0.4) is 0 Å². The van der Waals surface area contributed by atoms with Crippen molar-refractivity contribution in [2.45, 2.75) is 57.7 Å². The van der Waals surface area contributed by atoms with E-state index in [1.807, 2.05) is 6.07 Å². The predicted octanol–water partition coefficient (Wildman–Crippen LogP) is 2.27. The van der Waals surface area contributed by atoms with Crippen molar-refractivity contribution in [1.29, 1.82) is 0 Å². The van der Waals surface area contributed by atoms with E-state index in [0.717, 1.165) is 37.3 Å². The van der Waals surface area contributed by atoms with Gasteiger partial charge in [-0.1, -0.05) is 6.07 Å². The lowest BCUT2D eigenvalue weighted by Crippen LogP contribution is -2.41. The summed E-state index contributed by atoms with van der Waals surface area (Å²) in [6.07, 6.45) is 2.08. The molecule has 2 saturated heterocycles. The largest absolute Gasteiger partial charge is 0.514 e. The second-order valence-electron chi connectivity index (χ2n) is 6.96.